The lowest BCUT2D eigenvalue weighted by atomic mass is 10.1. The molecule has 1 N–H and O–H groups in total. The Morgan fingerprint density at radius 2 is 2.39 bits per heavy atom. The highest BCUT2D eigenvalue weighted by atomic mass is 32.1. The van der Waals surface area contributed by atoms with Gasteiger partial charge in [0, 0.05) is 62.3 Å². The number of nitrogens with zero attached hydrogens (tertiary/aromatic N) is 4. The third-order valence-electron chi connectivity index (χ3n) is 4.14. The SMILES string of the molecule is O=c1cc(CN2CCNCC2c2cccnc2)nc2sccn12. The second-order valence-electron chi connectivity index (χ2n) is 5.62. The first-order valence-corrected chi connectivity index (χ1v) is 8.50. The fourth-order valence-electron chi connectivity index (χ4n) is 3.01. The molecule has 4 rings (SSSR count). The van der Waals surface area contributed by atoms with E-state index < -0.39 is 0 Å². The summed E-state index contributed by atoms with van der Waals surface area (Å²) in [4.78, 5) is 24.1. The van der Waals surface area contributed by atoms with Crippen LogP contribution in [0, 0.1) is 0 Å². The fraction of sp³-hybridized carbons (Fsp3) is 0.312. The van der Waals surface area contributed by atoms with Crippen molar-refractivity contribution in [1.29, 1.82) is 0 Å². The van der Waals surface area contributed by atoms with Crippen LogP contribution in [0.1, 0.15) is 17.3 Å². The van der Waals surface area contributed by atoms with Crippen LogP contribution in [0.5, 0.6) is 0 Å². The predicted molar refractivity (Wildman–Crippen MR) is 89.6 cm³/mol. The number of rotatable bonds is 3. The van der Waals surface area contributed by atoms with Gasteiger partial charge < -0.3 is 5.32 Å². The number of pyridine rings is 1. The maximum atomic E-state index is 12.1. The summed E-state index contributed by atoms with van der Waals surface area (Å²) in [5, 5.41) is 5.32. The smallest absolute Gasteiger partial charge is 0.258 e. The van der Waals surface area contributed by atoms with Gasteiger partial charge in [-0.05, 0) is 11.6 Å². The summed E-state index contributed by atoms with van der Waals surface area (Å²) < 4.78 is 1.59. The third kappa shape index (κ3) is 2.90. The van der Waals surface area contributed by atoms with Crippen LogP contribution in [0.25, 0.3) is 4.96 Å². The molecule has 1 aliphatic heterocycles. The van der Waals surface area contributed by atoms with E-state index in [1.807, 2.05) is 17.6 Å². The van der Waals surface area contributed by atoms with Gasteiger partial charge in [-0.15, -0.1) is 11.3 Å². The van der Waals surface area contributed by atoms with E-state index in [1.165, 1.54) is 16.9 Å². The van der Waals surface area contributed by atoms with Crippen LogP contribution in [-0.4, -0.2) is 38.9 Å². The third-order valence-corrected chi connectivity index (χ3v) is 4.90. The molecule has 1 aliphatic rings. The molecule has 3 aromatic heterocycles. The summed E-state index contributed by atoms with van der Waals surface area (Å²) in [6, 6.07) is 5.95. The molecule has 1 unspecified atom stereocenters. The van der Waals surface area contributed by atoms with Gasteiger partial charge in [-0.3, -0.25) is 19.1 Å². The molecule has 0 aliphatic carbocycles. The lowest BCUT2D eigenvalue weighted by Crippen LogP contribution is -2.45. The van der Waals surface area contributed by atoms with Crippen LogP contribution in [0.15, 0.2) is 47.0 Å². The molecule has 0 spiro atoms. The number of nitrogens with one attached hydrogen (secondary N) is 1. The van der Waals surface area contributed by atoms with E-state index in [0.717, 1.165) is 30.3 Å². The van der Waals surface area contributed by atoms with Crippen LogP contribution in [0.3, 0.4) is 0 Å². The van der Waals surface area contributed by atoms with E-state index in [-0.39, 0.29) is 11.6 Å². The number of hydrogen-bond acceptors (Lipinski definition) is 6. The average Bonchev–Trinajstić information content (AvgIpc) is 3.05. The highest BCUT2D eigenvalue weighted by molar-refractivity contribution is 7.15. The highest BCUT2D eigenvalue weighted by Crippen LogP contribution is 2.23. The van der Waals surface area contributed by atoms with Crippen molar-refractivity contribution in [2.75, 3.05) is 19.6 Å². The molecule has 3 aromatic rings. The van der Waals surface area contributed by atoms with Gasteiger partial charge in [-0.25, -0.2) is 4.98 Å². The first kappa shape index (κ1) is 14.5. The molecular weight excluding hydrogens is 310 g/mol. The Hall–Kier alpha value is -2.09. The van der Waals surface area contributed by atoms with Crippen molar-refractivity contribution in [3.8, 4) is 0 Å². The molecule has 0 aromatic carbocycles. The molecule has 23 heavy (non-hydrogen) atoms. The minimum atomic E-state index is -0.0145. The fourth-order valence-corrected chi connectivity index (χ4v) is 3.75. The Labute approximate surface area is 137 Å². The van der Waals surface area contributed by atoms with Crippen molar-refractivity contribution in [3.63, 3.8) is 0 Å². The second kappa shape index (κ2) is 6.19. The molecule has 0 radical (unpaired) electrons. The maximum absolute atomic E-state index is 12.1. The topological polar surface area (TPSA) is 62.5 Å². The Balaban J connectivity index is 1.63. The maximum Gasteiger partial charge on any atom is 0.258 e. The summed E-state index contributed by atoms with van der Waals surface area (Å²) >= 11 is 1.49. The molecule has 7 heteroatoms. The molecular formula is C16H17N5OS. The zero-order valence-corrected chi connectivity index (χ0v) is 13.4. The van der Waals surface area contributed by atoms with E-state index >= 15 is 0 Å². The van der Waals surface area contributed by atoms with Gasteiger partial charge in [-0.2, -0.15) is 0 Å². The van der Waals surface area contributed by atoms with Gasteiger partial charge in [-0.1, -0.05) is 6.07 Å². The molecule has 1 fully saturated rings. The first-order chi connectivity index (χ1) is 11.3. The summed E-state index contributed by atoms with van der Waals surface area (Å²) in [5.74, 6) is 0. The molecule has 0 bridgehead atoms. The van der Waals surface area contributed by atoms with Crippen molar-refractivity contribution < 1.29 is 0 Å². The van der Waals surface area contributed by atoms with Gasteiger partial charge in [0.1, 0.15) is 0 Å². The first-order valence-electron chi connectivity index (χ1n) is 7.62. The molecule has 0 amide bonds. The molecule has 1 saturated heterocycles. The number of fused-ring (bicyclic) bond motifs is 1. The van der Waals surface area contributed by atoms with Gasteiger partial charge >= 0.3 is 0 Å². The van der Waals surface area contributed by atoms with Gasteiger partial charge in [0.2, 0.25) is 0 Å². The zero-order valence-electron chi connectivity index (χ0n) is 12.6. The van der Waals surface area contributed by atoms with Crippen molar-refractivity contribution in [1.82, 2.24) is 24.6 Å². The van der Waals surface area contributed by atoms with Crippen molar-refractivity contribution in [2.45, 2.75) is 12.6 Å². The molecule has 118 valence electrons. The molecule has 6 nitrogen and oxygen atoms in total. The number of thiazole rings is 1. The lowest BCUT2D eigenvalue weighted by Gasteiger charge is -2.36. The second-order valence-corrected chi connectivity index (χ2v) is 6.49. The Morgan fingerprint density at radius 3 is 3.26 bits per heavy atom. The van der Waals surface area contributed by atoms with Crippen LogP contribution in [0.2, 0.25) is 0 Å². The predicted octanol–water partition coefficient (Wildman–Crippen LogP) is 1.30. The van der Waals surface area contributed by atoms with Gasteiger partial charge in [0.05, 0.1) is 5.69 Å². The Kier molecular flexibility index (Phi) is 3.90. The van der Waals surface area contributed by atoms with E-state index in [0.29, 0.717) is 6.54 Å². The standard InChI is InChI=1S/C16H17N5OS/c22-15-8-13(19-16-21(15)6-7-23-16)11-20-5-4-18-10-14(20)12-2-1-3-17-9-12/h1-3,6-9,14,18H,4-5,10-11H2. The number of piperazine rings is 1. The monoisotopic (exact) mass is 327 g/mol. The van der Waals surface area contributed by atoms with E-state index in [1.54, 1.807) is 22.9 Å². The molecule has 1 atom stereocenters. The molecule has 4 heterocycles. The summed E-state index contributed by atoms with van der Waals surface area (Å²) in [5.41, 5.74) is 2.00. The van der Waals surface area contributed by atoms with Crippen LogP contribution in [0.4, 0.5) is 0 Å². The lowest BCUT2D eigenvalue weighted by molar-refractivity contribution is 0.151. The van der Waals surface area contributed by atoms with Gasteiger partial charge in [0.25, 0.3) is 5.56 Å². The average molecular weight is 327 g/mol. The number of aromatic nitrogens is 3. The Bertz CT molecular complexity index is 860. The van der Waals surface area contributed by atoms with E-state index in [4.69, 9.17) is 0 Å². The Morgan fingerprint density at radius 1 is 1.43 bits per heavy atom. The minimum absolute atomic E-state index is 0.0145. The van der Waals surface area contributed by atoms with Crippen LogP contribution < -0.4 is 10.9 Å². The molecule has 0 saturated carbocycles. The normalized spacial score (nSPS) is 19.2. The highest BCUT2D eigenvalue weighted by Gasteiger charge is 2.24. The summed E-state index contributed by atoms with van der Waals surface area (Å²) in [7, 11) is 0. The van der Waals surface area contributed by atoms with Crippen molar-refractivity contribution in [3.05, 3.63) is 63.8 Å². The minimum Gasteiger partial charge on any atom is -0.314 e. The van der Waals surface area contributed by atoms with E-state index in [2.05, 4.69) is 26.3 Å². The number of hydrogen-bond donors (Lipinski definition) is 1. The summed E-state index contributed by atoms with van der Waals surface area (Å²) in [6.45, 7) is 3.42. The quantitative estimate of drug-likeness (QED) is 0.786. The van der Waals surface area contributed by atoms with Crippen molar-refractivity contribution in [2.24, 2.45) is 0 Å². The largest absolute Gasteiger partial charge is 0.314 e. The van der Waals surface area contributed by atoms with Crippen LogP contribution >= 0.6 is 11.3 Å². The zero-order chi connectivity index (χ0) is 15.6. The summed E-state index contributed by atoms with van der Waals surface area (Å²) in [6.07, 6.45) is 5.47. The van der Waals surface area contributed by atoms with Crippen molar-refractivity contribution >= 4 is 16.3 Å². The van der Waals surface area contributed by atoms with Crippen LogP contribution in [-0.2, 0) is 6.54 Å². The van der Waals surface area contributed by atoms with E-state index in [9.17, 15) is 4.79 Å². The van der Waals surface area contributed by atoms with Gasteiger partial charge in [0.15, 0.2) is 4.96 Å².